The molecule has 2 saturated heterocycles. The molecule has 0 radical (unpaired) electrons. The van der Waals surface area contributed by atoms with Crippen LogP contribution in [0.2, 0.25) is 0 Å². The number of carbonyl (C=O) groups is 1. The Bertz CT molecular complexity index is 781. The number of esters is 1. The number of hydrogen-bond donors (Lipinski definition) is 2. The van der Waals surface area contributed by atoms with E-state index in [2.05, 4.69) is 32.1 Å². The topological polar surface area (TPSA) is 83.1 Å². The SMILES string of the molecule is CCc1c[nH]c2ncnc(N3CC(C(=O)OC)C4(CCNCC4)C3)c12. The van der Waals surface area contributed by atoms with Crippen molar-refractivity contribution >= 4 is 22.8 Å². The van der Waals surface area contributed by atoms with E-state index in [1.807, 2.05) is 6.20 Å². The highest BCUT2D eigenvalue weighted by atomic mass is 16.5. The first-order valence-corrected chi connectivity index (χ1v) is 9.03. The van der Waals surface area contributed by atoms with Crippen LogP contribution >= 0.6 is 0 Å². The Kier molecular flexibility index (Phi) is 4.11. The van der Waals surface area contributed by atoms with Crippen LogP contribution in [0.25, 0.3) is 11.0 Å². The minimum absolute atomic E-state index is 0.0295. The molecular formula is C18H25N5O2. The van der Waals surface area contributed by atoms with Gasteiger partial charge in [-0.15, -0.1) is 0 Å². The molecule has 7 heteroatoms. The first-order valence-electron chi connectivity index (χ1n) is 9.03. The third-order valence-electron chi connectivity index (χ3n) is 5.94. The van der Waals surface area contributed by atoms with Crippen molar-refractivity contribution in [1.82, 2.24) is 20.3 Å². The summed E-state index contributed by atoms with van der Waals surface area (Å²) >= 11 is 0. The second kappa shape index (κ2) is 6.29. The third kappa shape index (κ3) is 2.57. The minimum Gasteiger partial charge on any atom is -0.469 e. The number of anilines is 1. The van der Waals surface area contributed by atoms with Crippen molar-refractivity contribution in [1.29, 1.82) is 0 Å². The summed E-state index contributed by atoms with van der Waals surface area (Å²) in [6, 6.07) is 0. The van der Waals surface area contributed by atoms with Crippen LogP contribution in [0.4, 0.5) is 5.82 Å². The number of fused-ring (bicyclic) bond motifs is 1. The molecule has 7 nitrogen and oxygen atoms in total. The summed E-state index contributed by atoms with van der Waals surface area (Å²) in [5, 5.41) is 4.49. The van der Waals surface area contributed by atoms with Crippen molar-refractivity contribution < 1.29 is 9.53 Å². The number of carbonyl (C=O) groups excluding carboxylic acids is 1. The number of nitrogens with one attached hydrogen (secondary N) is 2. The van der Waals surface area contributed by atoms with Gasteiger partial charge >= 0.3 is 5.97 Å². The van der Waals surface area contributed by atoms with Crippen molar-refractivity contribution in [2.45, 2.75) is 26.2 Å². The van der Waals surface area contributed by atoms with Crippen LogP contribution in [0.5, 0.6) is 0 Å². The lowest BCUT2D eigenvalue weighted by atomic mass is 9.71. The van der Waals surface area contributed by atoms with Crippen molar-refractivity contribution in [3.05, 3.63) is 18.1 Å². The van der Waals surface area contributed by atoms with E-state index < -0.39 is 0 Å². The summed E-state index contributed by atoms with van der Waals surface area (Å²) in [6.45, 7) is 5.53. The monoisotopic (exact) mass is 343 g/mol. The predicted octanol–water partition coefficient (Wildman–Crippen LogP) is 1.50. The van der Waals surface area contributed by atoms with Crippen molar-refractivity contribution in [3.63, 3.8) is 0 Å². The molecule has 2 aromatic heterocycles. The molecule has 0 saturated carbocycles. The Morgan fingerprint density at radius 2 is 2.20 bits per heavy atom. The van der Waals surface area contributed by atoms with Crippen LogP contribution < -0.4 is 10.2 Å². The van der Waals surface area contributed by atoms with E-state index in [-0.39, 0.29) is 17.3 Å². The molecule has 4 heterocycles. The summed E-state index contributed by atoms with van der Waals surface area (Å²) in [4.78, 5) is 27.0. The number of aromatic amines is 1. The predicted molar refractivity (Wildman–Crippen MR) is 95.5 cm³/mol. The number of hydrogen-bond acceptors (Lipinski definition) is 6. The Labute approximate surface area is 147 Å². The molecule has 2 fully saturated rings. The molecule has 1 unspecified atom stereocenters. The van der Waals surface area contributed by atoms with Gasteiger partial charge in [0.25, 0.3) is 0 Å². The smallest absolute Gasteiger partial charge is 0.311 e. The molecule has 0 bridgehead atoms. The van der Waals surface area contributed by atoms with Crippen LogP contribution in [0.15, 0.2) is 12.5 Å². The highest BCUT2D eigenvalue weighted by Crippen LogP contribution is 2.46. The average Bonchev–Trinajstić information content (AvgIpc) is 3.23. The lowest BCUT2D eigenvalue weighted by Crippen LogP contribution is -2.44. The fourth-order valence-corrected chi connectivity index (χ4v) is 4.56. The fraction of sp³-hybridized carbons (Fsp3) is 0.611. The third-order valence-corrected chi connectivity index (χ3v) is 5.94. The van der Waals surface area contributed by atoms with E-state index in [1.54, 1.807) is 6.33 Å². The lowest BCUT2D eigenvalue weighted by Gasteiger charge is -2.37. The summed E-state index contributed by atoms with van der Waals surface area (Å²) < 4.78 is 5.14. The van der Waals surface area contributed by atoms with Gasteiger partial charge in [-0.2, -0.15) is 0 Å². The van der Waals surface area contributed by atoms with Gasteiger partial charge in [0, 0.05) is 24.7 Å². The molecule has 2 aliphatic heterocycles. The van der Waals surface area contributed by atoms with E-state index >= 15 is 0 Å². The lowest BCUT2D eigenvalue weighted by molar-refractivity contribution is -0.149. The summed E-state index contributed by atoms with van der Waals surface area (Å²) in [5.74, 6) is 0.737. The van der Waals surface area contributed by atoms with Gasteiger partial charge in [0.2, 0.25) is 0 Å². The zero-order valence-corrected chi connectivity index (χ0v) is 14.8. The number of H-pyrrole nitrogens is 1. The highest BCUT2D eigenvalue weighted by Gasteiger charge is 2.51. The molecule has 0 aliphatic carbocycles. The number of piperidine rings is 1. The van der Waals surface area contributed by atoms with E-state index in [4.69, 9.17) is 4.74 Å². The number of nitrogens with zero attached hydrogens (tertiary/aromatic N) is 3. The maximum absolute atomic E-state index is 12.5. The van der Waals surface area contributed by atoms with Gasteiger partial charge < -0.3 is 19.9 Å². The first-order chi connectivity index (χ1) is 12.2. The molecule has 134 valence electrons. The second-order valence-corrected chi connectivity index (χ2v) is 7.16. The minimum atomic E-state index is -0.103. The molecule has 0 aromatic carbocycles. The molecular weight excluding hydrogens is 318 g/mol. The molecule has 0 amide bonds. The van der Waals surface area contributed by atoms with Gasteiger partial charge in [-0.05, 0) is 37.9 Å². The average molecular weight is 343 g/mol. The zero-order valence-electron chi connectivity index (χ0n) is 14.8. The van der Waals surface area contributed by atoms with Crippen LogP contribution in [0.1, 0.15) is 25.3 Å². The van der Waals surface area contributed by atoms with E-state index in [0.717, 1.165) is 55.7 Å². The van der Waals surface area contributed by atoms with Gasteiger partial charge in [0.05, 0.1) is 18.4 Å². The number of aryl methyl sites for hydroxylation is 1. The molecule has 2 N–H and O–H groups in total. The largest absolute Gasteiger partial charge is 0.469 e. The van der Waals surface area contributed by atoms with Gasteiger partial charge in [-0.3, -0.25) is 4.79 Å². The van der Waals surface area contributed by atoms with Crippen LogP contribution in [0.3, 0.4) is 0 Å². The Balaban J connectivity index is 1.75. The quantitative estimate of drug-likeness (QED) is 0.822. The molecule has 4 rings (SSSR count). The Morgan fingerprint density at radius 3 is 2.92 bits per heavy atom. The molecule has 2 aromatic rings. The normalized spacial score (nSPS) is 22.6. The zero-order chi connectivity index (χ0) is 17.4. The van der Waals surface area contributed by atoms with Crippen LogP contribution in [-0.2, 0) is 16.0 Å². The van der Waals surface area contributed by atoms with Crippen LogP contribution in [-0.4, -0.2) is 54.2 Å². The maximum Gasteiger partial charge on any atom is 0.311 e. The maximum atomic E-state index is 12.5. The van der Waals surface area contributed by atoms with Crippen molar-refractivity contribution in [2.75, 3.05) is 38.2 Å². The number of ether oxygens (including phenoxy) is 1. The number of rotatable bonds is 3. The fourth-order valence-electron chi connectivity index (χ4n) is 4.56. The first kappa shape index (κ1) is 16.3. The van der Waals surface area contributed by atoms with Gasteiger partial charge in [-0.25, -0.2) is 9.97 Å². The summed E-state index contributed by atoms with van der Waals surface area (Å²) in [6.07, 6.45) is 6.52. The summed E-state index contributed by atoms with van der Waals surface area (Å²) in [5.41, 5.74) is 2.05. The van der Waals surface area contributed by atoms with E-state index in [1.165, 1.54) is 12.7 Å². The second-order valence-electron chi connectivity index (χ2n) is 7.16. The van der Waals surface area contributed by atoms with E-state index in [0.29, 0.717) is 6.54 Å². The molecule has 2 aliphatic rings. The Hall–Kier alpha value is -2.15. The standard InChI is InChI=1S/C18H25N5O2/c1-3-12-8-20-15-14(12)16(22-11-21-15)23-9-13(17(24)25-2)18(10-23)4-6-19-7-5-18/h8,11,13,19H,3-7,9-10H2,1-2H3,(H,20,21,22). The molecule has 1 atom stereocenters. The molecule has 25 heavy (non-hydrogen) atoms. The van der Waals surface area contributed by atoms with Gasteiger partial charge in [-0.1, -0.05) is 6.92 Å². The van der Waals surface area contributed by atoms with Crippen molar-refractivity contribution in [3.8, 4) is 0 Å². The number of methoxy groups -OCH3 is 1. The van der Waals surface area contributed by atoms with Crippen molar-refractivity contribution in [2.24, 2.45) is 11.3 Å². The van der Waals surface area contributed by atoms with Crippen LogP contribution in [0, 0.1) is 11.3 Å². The van der Waals surface area contributed by atoms with E-state index in [9.17, 15) is 4.79 Å². The van der Waals surface area contributed by atoms with Gasteiger partial charge in [0.1, 0.15) is 17.8 Å². The molecule has 1 spiro atoms. The highest BCUT2D eigenvalue weighted by molar-refractivity contribution is 5.91. The summed E-state index contributed by atoms with van der Waals surface area (Å²) in [7, 11) is 1.49. The Morgan fingerprint density at radius 1 is 1.40 bits per heavy atom. The van der Waals surface area contributed by atoms with Gasteiger partial charge in [0.15, 0.2) is 0 Å². The number of aromatic nitrogens is 3.